The average Bonchev–Trinajstić information content (AvgIpc) is 3.03. The van der Waals surface area contributed by atoms with Crippen molar-refractivity contribution < 1.29 is 4.79 Å². The molecule has 2 nitrogen and oxygen atoms in total. The number of benzene rings is 1. The Labute approximate surface area is 84.5 Å². The lowest BCUT2D eigenvalue weighted by Gasteiger charge is -2.20. The summed E-state index contributed by atoms with van der Waals surface area (Å²) in [6, 6.07) is 9.89. The van der Waals surface area contributed by atoms with E-state index < -0.39 is 0 Å². The van der Waals surface area contributed by atoms with E-state index in [1.165, 1.54) is 0 Å². The second-order valence-corrected chi connectivity index (χ2v) is 3.69. The molecule has 0 atom stereocenters. The first-order chi connectivity index (χ1) is 6.83. The summed E-state index contributed by atoms with van der Waals surface area (Å²) in [5.74, 6) is 0.592. The molecule has 0 bridgehead atoms. The molecule has 1 aromatic rings. The van der Waals surface area contributed by atoms with Crippen molar-refractivity contribution in [2.24, 2.45) is 5.92 Å². The molecule has 0 spiro atoms. The molecule has 1 aliphatic carbocycles. The molecule has 1 aromatic carbocycles. The highest BCUT2D eigenvalue weighted by molar-refractivity contribution is 5.96. The monoisotopic (exact) mass is 189 g/mol. The van der Waals surface area contributed by atoms with E-state index in [-0.39, 0.29) is 0 Å². The molecule has 1 fully saturated rings. The summed E-state index contributed by atoms with van der Waals surface area (Å²) >= 11 is 0. The minimum absolute atomic E-state index is 0.290. The van der Waals surface area contributed by atoms with Gasteiger partial charge in [0.05, 0.1) is 0 Å². The minimum atomic E-state index is 0.290. The summed E-state index contributed by atoms with van der Waals surface area (Å²) in [6.45, 7) is 2.78. The second-order valence-electron chi connectivity index (χ2n) is 3.69. The minimum Gasteiger partial charge on any atom is -0.312 e. The number of carbonyl (C=O) groups is 1. The van der Waals surface area contributed by atoms with E-state index in [4.69, 9.17) is 0 Å². The number of rotatable bonds is 3. The molecule has 2 heteroatoms. The molecule has 1 aliphatic rings. The molecule has 0 N–H and O–H groups in total. The normalized spacial score (nSPS) is 15.2. The Morgan fingerprint density at radius 3 is 2.50 bits per heavy atom. The summed E-state index contributed by atoms with van der Waals surface area (Å²) in [5.41, 5.74) is 1.02. The Kier molecular flexibility index (Phi) is 2.53. The highest BCUT2D eigenvalue weighted by atomic mass is 16.2. The van der Waals surface area contributed by atoms with Crippen LogP contribution in [0.5, 0.6) is 0 Å². The van der Waals surface area contributed by atoms with Gasteiger partial charge in [0, 0.05) is 18.2 Å². The first kappa shape index (κ1) is 9.25. The zero-order chi connectivity index (χ0) is 9.97. The molecule has 0 radical (unpaired) electrons. The van der Waals surface area contributed by atoms with Crippen molar-refractivity contribution in [3.63, 3.8) is 0 Å². The quantitative estimate of drug-likeness (QED) is 0.715. The van der Waals surface area contributed by atoms with Crippen molar-refractivity contribution in [2.45, 2.75) is 19.8 Å². The van der Waals surface area contributed by atoms with Gasteiger partial charge in [0.2, 0.25) is 5.91 Å². The Morgan fingerprint density at radius 2 is 2.00 bits per heavy atom. The van der Waals surface area contributed by atoms with E-state index in [1.807, 2.05) is 42.2 Å². The molecule has 14 heavy (non-hydrogen) atoms. The predicted octanol–water partition coefficient (Wildman–Crippen LogP) is 2.45. The Morgan fingerprint density at radius 1 is 1.36 bits per heavy atom. The van der Waals surface area contributed by atoms with E-state index >= 15 is 0 Å². The lowest BCUT2D eigenvalue weighted by molar-refractivity contribution is -0.119. The van der Waals surface area contributed by atoms with E-state index in [0.29, 0.717) is 11.8 Å². The molecule has 0 unspecified atom stereocenters. The van der Waals surface area contributed by atoms with Crippen LogP contribution in [0.15, 0.2) is 30.3 Å². The predicted molar refractivity (Wildman–Crippen MR) is 57.2 cm³/mol. The summed E-state index contributed by atoms with van der Waals surface area (Å²) in [4.78, 5) is 13.7. The van der Waals surface area contributed by atoms with Gasteiger partial charge in [0.25, 0.3) is 0 Å². The van der Waals surface area contributed by atoms with Crippen molar-refractivity contribution >= 4 is 11.6 Å². The topological polar surface area (TPSA) is 20.3 Å². The zero-order valence-electron chi connectivity index (χ0n) is 8.44. The standard InChI is InChI=1S/C12H15NO/c1-2-13(12(14)10-8-9-10)11-6-4-3-5-7-11/h3-7,10H,2,8-9H2,1H3. The molecule has 0 aromatic heterocycles. The first-order valence-electron chi connectivity index (χ1n) is 5.19. The van der Waals surface area contributed by atoms with Crippen LogP contribution >= 0.6 is 0 Å². The van der Waals surface area contributed by atoms with Gasteiger partial charge in [-0.25, -0.2) is 0 Å². The molecule has 0 saturated heterocycles. The van der Waals surface area contributed by atoms with Crippen molar-refractivity contribution in [2.75, 3.05) is 11.4 Å². The van der Waals surface area contributed by atoms with Crippen LogP contribution in [0.1, 0.15) is 19.8 Å². The van der Waals surface area contributed by atoms with Gasteiger partial charge in [-0.15, -0.1) is 0 Å². The van der Waals surface area contributed by atoms with Gasteiger partial charge >= 0.3 is 0 Å². The fourth-order valence-electron chi connectivity index (χ4n) is 1.62. The number of nitrogens with zero attached hydrogens (tertiary/aromatic N) is 1. The second kappa shape index (κ2) is 3.82. The Bertz CT molecular complexity index is 316. The molecule has 0 heterocycles. The highest BCUT2D eigenvalue weighted by Crippen LogP contribution is 2.32. The molecule has 1 amide bonds. The number of hydrogen-bond acceptors (Lipinski definition) is 1. The SMILES string of the molecule is CCN(C(=O)C1CC1)c1ccccc1. The third kappa shape index (κ3) is 1.79. The maximum Gasteiger partial charge on any atom is 0.230 e. The van der Waals surface area contributed by atoms with Crippen molar-refractivity contribution in [1.29, 1.82) is 0 Å². The smallest absolute Gasteiger partial charge is 0.230 e. The third-order valence-corrected chi connectivity index (χ3v) is 2.58. The third-order valence-electron chi connectivity index (χ3n) is 2.58. The zero-order valence-corrected chi connectivity index (χ0v) is 8.44. The number of amides is 1. The van der Waals surface area contributed by atoms with E-state index in [9.17, 15) is 4.79 Å². The lowest BCUT2D eigenvalue weighted by Crippen LogP contribution is -2.31. The fraction of sp³-hybridized carbons (Fsp3) is 0.417. The molecule has 2 rings (SSSR count). The van der Waals surface area contributed by atoms with Crippen LogP contribution in [-0.4, -0.2) is 12.5 Å². The maximum absolute atomic E-state index is 11.9. The largest absolute Gasteiger partial charge is 0.312 e. The van der Waals surface area contributed by atoms with Gasteiger partial charge in [-0.3, -0.25) is 4.79 Å². The van der Waals surface area contributed by atoms with Crippen LogP contribution in [0.25, 0.3) is 0 Å². The molecule has 0 aliphatic heterocycles. The van der Waals surface area contributed by atoms with Gasteiger partial charge in [-0.05, 0) is 31.9 Å². The summed E-state index contributed by atoms with van der Waals surface area (Å²) in [6.07, 6.45) is 2.14. The van der Waals surface area contributed by atoms with Crippen LogP contribution in [0.2, 0.25) is 0 Å². The van der Waals surface area contributed by atoms with Gasteiger partial charge in [0.15, 0.2) is 0 Å². The lowest BCUT2D eigenvalue weighted by atomic mass is 10.2. The van der Waals surface area contributed by atoms with Gasteiger partial charge in [-0.2, -0.15) is 0 Å². The summed E-state index contributed by atoms with van der Waals surface area (Å²) in [5, 5.41) is 0. The van der Waals surface area contributed by atoms with Crippen LogP contribution in [-0.2, 0) is 4.79 Å². The highest BCUT2D eigenvalue weighted by Gasteiger charge is 2.33. The van der Waals surface area contributed by atoms with Gasteiger partial charge < -0.3 is 4.90 Å². The molecular weight excluding hydrogens is 174 g/mol. The Hall–Kier alpha value is -1.31. The number of carbonyl (C=O) groups excluding carboxylic acids is 1. The number of para-hydroxylation sites is 1. The van der Waals surface area contributed by atoms with Crippen LogP contribution in [0.4, 0.5) is 5.69 Å². The van der Waals surface area contributed by atoms with E-state index in [1.54, 1.807) is 0 Å². The molecule has 74 valence electrons. The Balaban J connectivity index is 2.16. The van der Waals surface area contributed by atoms with E-state index in [0.717, 1.165) is 25.1 Å². The first-order valence-corrected chi connectivity index (χ1v) is 5.19. The van der Waals surface area contributed by atoms with Crippen molar-refractivity contribution in [3.05, 3.63) is 30.3 Å². The summed E-state index contributed by atoms with van der Waals surface area (Å²) < 4.78 is 0. The van der Waals surface area contributed by atoms with Crippen molar-refractivity contribution in [1.82, 2.24) is 0 Å². The van der Waals surface area contributed by atoms with Gasteiger partial charge in [-0.1, -0.05) is 18.2 Å². The van der Waals surface area contributed by atoms with Crippen LogP contribution < -0.4 is 4.90 Å². The number of hydrogen-bond donors (Lipinski definition) is 0. The maximum atomic E-state index is 11.9. The molecular formula is C12H15NO. The molecule has 1 saturated carbocycles. The number of anilines is 1. The summed E-state index contributed by atoms with van der Waals surface area (Å²) in [7, 11) is 0. The van der Waals surface area contributed by atoms with Crippen molar-refractivity contribution in [3.8, 4) is 0 Å². The van der Waals surface area contributed by atoms with Crippen LogP contribution in [0.3, 0.4) is 0 Å². The fourth-order valence-corrected chi connectivity index (χ4v) is 1.62. The van der Waals surface area contributed by atoms with Gasteiger partial charge in [0.1, 0.15) is 0 Å². The van der Waals surface area contributed by atoms with E-state index in [2.05, 4.69) is 0 Å². The average molecular weight is 189 g/mol. The van der Waals surface area contributed by atoms with Crippen LogP contribution in [0, 0.1) is 5.92 Å².